The molecule has 0 saturated heterocycles. The van der Waals surface area contributed by atoms with Crippen LogP contribution in [0.5, 0.6) is 0 Å². The number of fused-ring (bicyclic) bond motifs is 1. The monoisotopic (exact) mass is 215 g/mol. The Morgan fingerprint density at radius 2 is 2.20 bits per heavy atom. The van der Waals surface area contributed by atoms with Crippen LogP contribution in [0, 0.1) is 0 Å². The molecule has 76 valence electrons. The fourth-order valence-corrected chi connectivity index (χ4v) is 3.21. The molecule has 2 aromatic rings. The number of nitrogens with zero attached hydrogens (tertiary/aromatic N) is 1. The lowest BCUT2D eigenvalue weighted by atomic mass is 9.83. The van der Waals surface area contributed by atoms with Gasteiger partial charge in [-0.25, -0.2) is 4.98 Å². The van der Waals surface area contributed by atoms with Gasteiger partial charge in [-0.1, -0.05) is 24.3 Å². The molecular weight excluding hydrogens is 202 g/mol. The summed E-state index contributed by atoms with van der Waals surface area (Å²) in [6, 6.07) is 8.81. The molecule has 0 amide bonds. The molecule has 0 spiro atoms. The Morgan fingerprint density at radius 3 is 3.07 bits per heavy atom. The summed E-state index contributed by atoms with van der Waals surface area (Å²) >= 11 is 1.78. The zero-order valence-corrected chi connectivity index (χ0v) is 9.33. The van der Waals surface area contributed by atoms with Crippen LogP contribution in [0.3, 0.4) is 0 Å². The topological polar surface area (TPSA) is 12.9 Å². The maximum absolute atomic E-state index is 4.46. The number of thiazole rings is 1. The molecule has 0 saturated carbocycles. The normalized spacial score (nSPS) is 19.9. The van der Waals surface area contributed by atoms with Crippen molar-refractivity contribution in [3.8, 4) is 0 Å². The van der Waals surface area contributed by atoms with Gasteiger partial charge in [0.1, 0.15) is 0 Å². The van der Waals surface area contributed by atoms with Gasteiger partial charge >= 0.3 is 0 Å². The summed E-state index contributed by atoms with van der Waals surface area (Å²) in [5, 5.41) is 3.36. The number of hydrogen-bond acceptors (Lipinski definition) is 2. The third-order valence-electron chi connectivity index (χ3n) is 3.12. The highest BCUT2D eigenvalue weighted by molar-refractivity contribution is 7.09. The van der Waals surface area contributed by atoms with Crippen molar-refractivity contribution in [2.75, 3.05) is 0 Å². The summed E-state index contributed by atoms with van der Waals surface area (Å²) in [4.78, 5) is 4.46. The Balaban J connectivity index is 2.06. The minimum atomic E-state index is 0.551. The van der Waals surface area contributed by atoms with Gasteiger partial charge in [-0.3, -0.25) is 0 Å². The van der Waals surface area contributed by atoms with Crippen molar-refractivity contribution < 1.29 is 0 Å². The number of rotatable bonds is 1. The third-order valence-corrected chi connectivity index (χ3v) is 4.01. The SMILES string of the molecule is c1ccc2c(c1)CCCC2c1nccs1. The predicted molar refractivity (Wildman–Crippen MR) is 63.3 cm³/mol. The summed E-state index contributed by atoms with van der Waals surface area (Å²) in [6.45, 7) is 0. The third kappa shape index (κ3) is 1.59. The van der Waals surface area contributed by atoms with Gasteiger partial charge in [0.05, 0.1) is 5.01 Å². The van der Waals surface area contributed by atoms with E-state index in [9.17, 15) is 0 Å². The highest BCUT2D eigenvalue weighted by atomic mass is 32.1. The fourth-order valence-electron chi connectivity index (χ4n) is 2.42. The lowest BCUT2D eigenvalue weighted by molar-refractivity contribution is 0.613. The van der Waals surface area contributed by atoms with Crippen molar-refractivity contribution in [1.82, 2.24) is 4.98 Å². The van der Waals surface area contributed by atoms with E-state index in [2.05, 4.69) is 34.6 Å². The van der Waals surface area contributed by atoms with Gasteiger partial charge in [0, 0.05) is 17.5 Å². The minimum absolute atomic E-state index is 0.551. The fraction of sp³-hybridized carbons (Fsp3) is 0.308. The van der Waals surface area contributed by atoms with Gasteiger partial charge in [-0.15, -0.1) is 11.3 Å². The van der Waals surface area contributed by atoms with Gasteiger partial charge in [-0.05, 0) is 30.4 Å². The highest BCUT2D eigenvalue weighted by Gasteiger charge is 2.22. The average molecular weight is 215 g/mol. The van der Waals surface area contributed by atoms with E-state index in [4.69, 9.17) is 0 Å². The molecule has 0 N–H and O–H groups in total. The second-order valence-electron chi connectivity index (χ2n) is 4.01. The van der Waals surface area contributed by atoms with Crippen molar-refractivity contribution >= 4 is 11.3 Å². The molecule has 1 aliphatic rings. The van der Waals surface area contributed by atoms with Gasteiger partial charge in [0.2, 0.25) is 0 Å². The molecule has 1 aromatic heterocycles. The standard InChI is InChI=1S/C13H13NS/c1-2-6-11-10(4-1)5-3-7-12(11)13-14-8-9-15-13/h1-2,4,6,8-9,12H,3,5,7H2. The second-order valence-corrected chi connectivity index (χ2v) is 4.94. The summed E-state index contributed by atoms with van der Waals surface area (Å²) in [5.41, 5.74) is 3.02. The number of benzene rings is 1. The molecule has 1 aliphatic carbocycles. The van der Waals surface area contributed by atoms with E-state index in [-0.39, 0.29) is 0 Å². The molecule has 3 rings (SSSR count). The number of aromatic nitrogens is 1. The Bertz CT molecular complexity index is 447. The second kappa shape index (κ2) is 3.78. The smallest absolute Gasteiger partial charge is 0.0999 e. The zero-order valence-electron chi connectivity index (χ0n) is 8.52. The predicted octanol–water partition coefficient (Wildman–Crippen LogP) is 3.61. The molecule has 0 aliphatic heterocycles. The molecular formula is C13H13NS. The first-order valence-electron chi connectivity index (χ1n) is 5.42. The molecule has 1 atom stereocenters. The largest absolute Gasteiger partial charge is 0.249 e. The van der Waals surface area contributed by atoms with Crippen LogP contribution in [0.15, 0.2) is 35.8 Å². The molecule has 15 heavy (non-hydrogen) atoms. The Morgan fingerprint density at radius 1 is 1.27 bits per heavy atom. The van der Waals surface area contributed by atoms with Gasteiger partial charge in [0.25, 0.3) is 0 Å². The van der Waals surface area contributed by atoms with Gasteiger partial charge in [0.15, 0.2) is 0 Å². The number of aryl methyl sites for hydroxylation is 1. The van der Waals surface area contributed by atoms with Crippen LogP contribution in [-0.4, -0.2) is 4.98 Å². The molecule has 1 unspecified atom stereocenters. The molecule has 1 nitrogen and oxygen atoms in total. The van der Waals surface area contributed by atoms with E-state index in [0.717, 1.165) is 0 Å². The maximum Gasteiger partial charge on any atom is 0.0999 e. The van der Waals surface area contributed by atoms with E-state index in [1.165, 1.54) is 35.4 Å². The lowest BCUT2D eigenvalue weighted by Crippen LogP contribution is -2.10. The zero-order chi connectivity index (χ0) is 10.1. The van der Waals surface area contributed by atoms with E-state index in [1.807, 2.05) is 6.20 Å². The summed E-state index contributed by atoms with van der Waals surface area (Å²) < 4.78 is 0. The molecule has 0 radical (unpaired) electrons. The van der Waals surface area contributed by atoms with Crippen LogP contribution in [-0.2, 0) is 6.42 Å². The van der Waals surface area contributed by atoms with E-state index in [0.29, 0.717) is 5.92 Å². The van der Waals surface area contributed by atoms with Gasteiger partial charge < -0.3 is 0 Å². The van der Waals surface area contributed by atoms with E-state index in [1.54, 1.807) is 11.3 Å². The first kappa shape index (κ1) is 9.10. The maximum atomic E-state index is 4.46. The first-order valence-corrected chi connectivity index (χ1v) is 6.30. The van der Waals surface area contributed by atoms with Crippen molar-refractivity contribution in [2.24, 2.45) is 0 Å². The first-order chi connectivity index (χ1) is 7.45. The minimum Gasteiger partial charge on any atom is -0.249 e. The number of hydrogen-bond donors (Lipinski definition) is 0. The Hall–Kier alpha value is -1.15. The molecule has 0 bridgehead atoms. The summed E-state index contributed by atoms with van der Waals surface area (Å²) in [5.74, 6) is 0.551. The highest BCUT2D eigenvalue weighted by Crippen LogP contribution is 2.37. The van der Waals surface area contributed by atoms with E-state index < -0.39 is 0 Å². The van der Waals surface area contributed by atoms with Crippen LogP contribution in [0.2, 0.25) is 0 Å². The molecule has 1 aromatic carbocycles. The van der Waals surface area contributed by atoms with Crippen LogP contribution in [0.4, 0.5) is 0 Å². The average Bonchev–Trinajstić information content (AvgIpc) is 2.82. The van der Waals surface area contributed by atoms with Crippen molar-refractivity contribution in [3.05, 3.63) is 52.0 Å². The molecule has 0 fully saturated rings. The van der Waals surface area contributed by atoms with Crippen LogP contribution in [0.25, 0.3) is 0 Å². The van der Waals surface area contributed by atoms with Crippen LogP contribution in [0.1, 0.15) is 34.9 Å². The Kier molecular flexibility index (Phi) is 2.29. The molecule has 1 heterocycles. The summed E-state index contributed by atoms with van der Waals surface area (Å²) in [6.07, 6.45) is 5.70. The van der Waals surface area contributed by atoms with Crippen LogP contribution < -0.4 is 0 Å². The lowest BCUT2D eigenvalue weighted by Gasteiger charge is -2.23. The quantitative estimate of drug-likeness (QED) is 0.708. The molecule has 2 heteroatoms. The van der Waals surface area contributed by atoms with Crippen molar-refractivity contribution in [1.29, 1.82) is 0 Å². The summed E-state index contributed by atoms with van der Waals surface area (Å²) in [7, 11) is 0. The van der Waals surface area contributed by atoms with Crippen molar-refractivity contribution in [2.45, 2.75) is 25.2 Å². The van der Waals surface area contributed by atoms with Gasteiger partial charge in [-0.2, -0.15) is 0 Å². The van der Waals surface area contributed by atoms with Crippen molar-refractivity contribution in [3.63, 3.8) is 0 Å². The van der Waals surface area contributed by atoms with E-state index >= 15 is 0 Å². The Labute approximate surface area is 93.8 Å². The van der Waals surface area contributed by atoms with Crippen LogP contribution >= 0.6 is 11.3 Å².